The third kappa shape index (κ3) is 3.58. The zero-order valence-corrected chi connectivity index (χ0v) is 18.3. The number of nitrogens with one attached hydrogen (secondary N) is 1. The molecule has 2 heterocycles. The molecule has 4 rings (SSSR count). The Morgan fingerprint density at radius 2 is 1.84 bits per heavy atom. The van der Waals surface area contributed by atoms with E-state index in [0.717, 1.165) is 11.1 Å². The summed E-state index contributed by atoms with van der Waals surface area (Å²) in [6.45, 7) is 3.91. The Morgan fingerprint density at radius 1 is 1.09 bits per heavy atom. The molecule has 0 saturated carbocycles. The minimum atomic E-state index is -0.527. The first-order chi connectivity index (χ1) is 15.5. The number of ether oxygens (including phenoxy) is 4. The average molecular weight is 432 g/mol. The highest BCUT2D eigenvalue weighted by Gasteiger charge is 2.37. The van der Waals surface area contributed by atoms with Gasteiger partial charge in [0.2, 0.25) is 11.8 Å². The number of H-pyrrole nitrogens is 1. The van der Waals surface area contributed by atoms with Crippen molar-refractivity contribution in [3.63, 3.8) is 0 Å². The summed E-state index contributed by atoms with van der Waals surface area (Å²) in [6.07, 6.45) is -0.0445. The lowest BCUT2D eigenvalue weighted by Crippen LogP contribution is -2.21. The van der Waals surface area contributed by atoms with Crippen molar-refractivity contribution in [3.05, 3.63) is 65.0 Å². The Labute approximate surface area is 186 Å². The number of methoxy groups -OCH3 is 2. The second-order valence-electron chi connectivity index (χ2n) is 7.52. The number of nitrogens with zero attached hydrogens (tertiary/aromatic N) is 2. The third-order valence-electron chi connectivity index (χ3n) is 5.20. The fourth-order valence-corrected chi connectivity index (χ4v) is 3.85. The van der Waals surface area contributed by atoms with Crippen molar-refractivity contribution >= 4 is 0 Å². The van der Waals surface area contributed by atoms with Crippen LogP contribution < -0.4 is 24.7 Å². The van der Waals surface area contributed by atoms with Gasteiger partial charge in [0, 0.05) is 11.1 Å². The highest BCUT2D eigenvalue weighted by atomic mass is 16.5. The van der Waals surface area contributed by atoms with Crippen LogP contribution in [0.25, 0.3) is 11.3 Å². The van der Waals surface area contributed by atoms with Crippen molar-refractivity contribution < 1.29 is 18.9 Å². The van der Waals surface area contributed by atoms with Crippen molar-refractivity contribution in [1.82, 2.24) is 10.2 Å². The Bertz CT molecular complexity index is 1220. The first kappa shape index (κ1) is 21.1. The number of aromatic amines is 1. The molecule has 2 aromatic carbocycles. The largest absolute Gasteiger partial charge is 0.493 e. The Kier molecular flexibility index (Phi) is 5.65. The van der Waals surface area contributed by atoms with E-state index in [1.807, 2.05) is 56.3 Å². The lowest BCUT2D eigenvalue weighted by molar-refractivity contribution is 0.239. The summed E-state index contributed by atoms with van der Waals surface area (Å²) in [4.78, 5) is 0. The van der Waals surface area contributed by atoms with Crippen LogP contribution in [0.2, 0.25) is 0 Å². The number of benzene rings is 2. The topological polar surface area (TPSA) is 115 Å². The fourth-order valence-electron chi connectivity index (χ4n) is 3.85. The molecule has 1 atom stereocenters. The molecule has 32 heavy (non-hydrogen) atoms. The molecule has 0 amide bonds. The molecular formula is C24H24N4O4. The van der Waals surface area contributed by atoms with Gasteiger partial charge in [-0.25, -0.2) is 0 Å². The summed E-state index contributed by atoms with van der Waals surface area (Å²) in [7, 11) is 3.16. The van der Waals surface area contributed by atoms with Gasteiger partial charge in [0.1, 0.15) is 17.4 Å². The van der Waals surface area contributed by atoms with Crippen LogP contribution in [0.5, 0.6) is 23.1 Å². The fraction of sp³-hybridized carbons (Fsp3) is 0.250. The third-order valence-corrected chi connectivity index (χ3v) is 5.20. The minimum absolute atomic E-state index is 0.0229. The number of aromatic nitrogens is 2. The van der Waals surface area contributed by atoms with Gasteiger partial charge in [-0.1, -0.05) is 18.2 Å². The van der Waals surface area contributed by atoms with E-state index >= 15 is 0 Å². The summed E-state index contributed by atoms with van der Waals surface area (Å²) in [5, 5.41) is 17.3. The molecule has 1 unspecified atom stereocenters. The number of allylic oxidation sites excluding steroid dienone is 1. The second kappa shape index (κ2) is 8.55. The first-order valence-corrected chi connectivity index (χ1v) is 10.1. The van der Waals surface area contributed by atoms with Gasteiger partial charge in [0.15, 0.2) is 11.5 Å². The van der Waals surface area contributed by atoms with Crippen molar-refractivity contribution in [3.8, 4) is 40.5 Å². The van der Waals surface area contributed by atoms with Gasteiger partial charge < -0.3 is 24.7 Å². The summed E-state index contributed by atoms with van der Waals surface area (Å²) < 4.78 is 22.6. The standard InChI is InChI=1S/C24H24N4O4/c1-13(2)31-17-8-6-5-7-15(17)20-16(12-25)23(26)32-24-21(20)22(27-28-24)14-9-10-18(29-3)19(11-14)30-4/h5-11,13,20H,26H2,1-4H3,(H,27,28). The van der Waals surface area contributed by atoms with E-state index in [1.54, 1.807) is 14.2 Å². The zero-order chi connectivity index (χ0) is 22.8. The van der Waals surface area contributed by atoms with Crippen molar-refractivity contribution in [2.45, 2.75) is 25.9 Å². The Morgan fingerprint density at radius 3 is 2.53 bits per heavy atom. The minimum Gasteiger partial charge on any atom is -0.493 e. The summed E-state index contributed by atoms with van der Waals surface area (Å²) >= 11 is 0. The Hall–Kier alpha value is -4.12. The van der Waals surface area contributed by atoms with Crippen LogP contribution >= 0.6 is 0 Å². The van der Waals surface area contributed by atoms with Gasteiger partial charge in [-0.05, 0) is 38.1 Å². The van der Waals surface area contributed by atoms with Gasteiger partial charge in [0.05, 0.1) is 37.5 Å². The van der Waals surface area contributed by atoms with E-state index in [1.165, 1.54) is 0 Å². The smallest absolute Gasteiger partial charge is 0.244 e. The maximum atomic E-state index is 9.97. The second-order valence-corrected chi connectivity index (χ2v) is 7.52. The van der Waals surface area contributed by atoms with E-state index in [0.29, 0.717) is 40.0 Å². The first-order valence-electron chi connectivity index (χ1n) is 10.1. The predicted octanol–water partition coefficient (Wildman–Crippen LogP) is 4.10. The van der Waals surface area contributed by atoms with Gasteiger partial charge in [-0.2, -0.15) is 5.26 Å². The number of hydrogen-bond donors (Lipinski definition) is 2. The molecule has 0 radical (unpaired) electrons. The quantitative estimate of drug-likeness (QED) is 0.602. The lowest BCUT2D eigenvalue weighted by Gasteiger charge is -2.26. The maximum Gasteiger partial charge on any atom is 0.244 e. The van der Waals surface area contributed by atoms with E-state index in [-0.39, 0.29) is 12.0 Å². The monoisotopic (exact) mass is 432 g/mol. The molecule has 0 aliphatic carbocycles. The van der Waals surface area contributed by atoms with Crippen molar-refractivity contribution in [1.29, 1.82) is 5.26 Å². The summed E-state index contributed by atoms with van der Waals surface area (Å²) in [5.74, 6) is 1.65. The number of fused-ring (bicyclic) bond motifs is 1. The van der Waals surface area contributed by atoms with E-state index in [9.17, 15) is 5.26 Å². The molecule has 164 valence electrons. The van der Waals surface area contributed by atoms with Crippen LogP contribution in [0.4, 0.5) is 0 Å². The highest BCUT2D eigenvalue weighted by molar-refractivity contribution is 5.73. The molecule has 8 nitrogen and oxygen atoms in total. The SMILES string of the molecule is COc1ccc(-c2[nH]nc3c2C(c2ccccc2OC(C)C)C(C#N)=C(N)O3)cc1OC. The molecule has 8 heteroatoms. The molecule has 1 aliphatic heterocycles. The molecule has 3 N–H and O–H groups in total. The molecule has 1 aliphatic rings. The van der Waals surface area contributed by atoms with Gasteiger partial charge in [-0.15, -0.1) is 5.10 Å². The maximum absolute atomic E-state index is 9.97. The summed E-state index contributed by atoms with van der Waals surface area (Å²) in [5.41, 5.74) is 9.39. The van der Waals surface area contributed by atoms with Gasteiger partial charge in [-0.3, -0.25) is 5.10 Å². The normalized spacial score (nSPS) is 15.1. The molecule has 0 spiro atoms. The van der Waals surface area contributed by atoms with Crippen LogP contribution in [-0.4, -0.2) is 30.5 Å². The zero-order valence-electron chi connectivity index (χ0n) is 18.3. The van der Waals surface area contributed by atoms with Crippen molar-refractivity contribution in [2.75, 3.05) is 14.2 Å². The van der Waals surface area contributed by atoms with Crippen molar-refractivity contribution in [2.24, 2.45) is 5.73 Å². The van der Waals surface area contributed by atoms with Gasteiger partial charge >= 0.3 is 0 Å². The molecule has 1 aromatic heterocycles. The van der Waals surface area contributed by atoms with Crippen LogP contribution in [0, 0.1) is 11.3 Å². The number of nitriles is 1. The van der Waals surface area contributed by atoms with Crippen LogP contribution in [0.3, 0.4) is 0 Å². The molecule has 0 saturated heterocycles. The number of rotatable bonds is 6. The van der Waals surface area contributed by atoms with E-state index in [4.69, 9.17) is 24.7 Å². The molecular weight excluding hydrogens is 408 g/mol. The van der Waals surface area contributed by atoms with E-state index < -0.39 is 5.92 Å². The lowest BCUT2D eigenvalue weighted by atomic mass is 9.82. The molecule has 0 bridgehead atoms. The van der Waals surface area contributed by atoms with Crippen LogP contribution in [-0.2, 0) is 0 Å². The number of hydrogen-bond acceptors (Lipinski definition) is 7. The summed E-state index contributed by atoms with van der Waals surface area (Å²) in [6, 6.07) is 15.4. The average Bonchev–Trinajstić information content (AvgIpc) is 3.21. The van der Waals surface area contributed by atoms with Crippen LogP contribution in [0.1, 0.15) is 30.9 Å². The van der Waals surface area contributed by atoms with Crippen LogP contribution in [0.15, 0.2) is 53.9 Å². The Balaban J connectivity index is 1.94. The molecule has 3 aromatic rings. The predicted molar refractivity (Wildman–Crippen MR) is 119 cm³/mol. The number of nitrogens with two attached hydrogens (primary N) is 1. The highest BCUT2D eigenvalue weighted by Crippen LogP contribution is 2.48. The van der Waals surface area contributed by atoms with Gasteiger partial charge in [0.25, 0.3) is 0 Å². The van der Waals surface area contributed by atoms with E-state index in [2.05, 4.69) is 16.3 Å². The number of para-hydroxylation sites is 1. The molecule has 0 fully saturated rings.